The van der Waals surface area contributed by atoms with Crippen LogP contribution in [0.25, 0.3) is 10.8 Å². The van der Waals surface area contributed by atoms with Crippen molar-refractivity contribution in [1.82, 2.24) is 9.80 Å². The van der Waals surface area contributed by atoms with E-state index in [1.807, 2.05) is 29.2 Å². The molecule has 0 aliphatic carbocycles. The summed E-state index contributed by atoms with van der Waals surface area (Å²) in [6.07, 6.45) is 4.93. The Balaban J connectivity index is 1.47. The van der Waals surface area contributed by atoms with Crippen LogP contribution in [0.5, 0.6) is 0 Å². The Labute approximate surface area is 143 Å². The Morgan fingerprint density at radius 3 is 2.62 bits per heavy atom. The van der Waals surface area contributed by atoms with E-state index in [2.05, 4.69) is 28.4 Å². The fourth-order valence-corrected chi connectivity index (χ4v) is 4.07. The summed E-state index contributed by atoms with van der Waals surface area (Å²) < 4.78 is 0. The molecule has 0 saturated carbocycles. The predicted molar refractivity (Wildman–Crippen MR) is 98.4 cm³/mol. The number of hydrogen-bond donors (Lipinski definition) is 1. The standard InChI is InChI=1S/C20H25N3O/c24-20(21-19-11-5-8-16-7-1-2-10-18(16)19)23-14-6-9-17(15-23)22-12-3-4-13-22/h1-2,5,7-8,10-11,17H,3-4,6,9,12-15H2,(H,21,24). The number of nitrogens with zero attached hydrogens (tertiary/aromatic N) is 2. The molecule has 0 radical (unpaired) electrons. The molecule has 2 aliphatic heterocycles. The minimum atomic E-state index is 0.0373. The molecule has 0 bridgehead atoms. The molecule has 0 aromatic heterocycles. The lowest BCUT2D eigenvalue weighted by molar-refractivity contribution is 0.132. The van der Waals surface area contributed by atoms with Crippen LogP contribution in [0, 0.1) is 0 Å². The van der Waals surface area contributed by atoms with Gasteiger partial charge in [0, 0.05) is 24.5 Å². The van der Waals surface area contributed by atoms with E-state index in [1.165, 1.54) is 32.4 Å². The summed E-state index contributed by atoms with van der Waals surface area (Å²) in [5.41, 5.74) is 0.904. The number of piperidine rings is 1. The lowest BCUT2D eigenvalue weighted by Crippen LogP contribution is -2.50. The highest BCUT2D eigenvalue weighted by Gasteiger charge is 2.29. The van der Waals surface area contributed by atoms with Crippen LogP contribution >= 0.6 is 0 Å². The van der Waals surface area contributed by atoms with Gasteiger partial charge in [0.15, 0.2) is 0 Å². The summed E-state index contributed by atoms with van der Waals surface area (Å²) in [6, 6.07) is 14.8. The molecule has 126 valence electrons. The molecule has 4 rings (SSSR count). The van der Waals surface area contributed by atoms with Crippen LogP contribution in [0.2, 0.25) is 0 Å². The van der Waals surface area contributed by atoms with E-state index in [-0.39, 0.29) is 6.03 Å². The van der Waals surface area contributed by atoms with Crippen molar-refractivity contribution in [2.45, 2.75) is 31.7 Å². The number of amides is 2. The molecule has 1 unspecified atom stereocenters. The van der Waals surface area contributed by atoms with Crippen molar-refractivity contribution >= 4 is 22.5 Å². The third kappa shape index (κ3) is 3.11. The number of nitrogens with one attached hydrogen (secondary N) is 1. The van der Waals surface area contributed by atoms with Crippen LogP contribution < -0.4 is 5.32 Å². The van der Waals surface area contributed by atoms with Gasteiger partial charge in [0.1, 0.15) is 0 Å². The van der Waals surface area contributed by atoms with Crippen molar-refractivity contribution in [3.8, 4) is 0 Å². The maximum atomic E-state index is 12.8. The average molecular weight is 323 g/mol. The molecule has 4 heteroatoms. The molecule has 4 nitrogen and oxygen atoms in total. The van der Waals surface area contributed by atoms with Crippen LogP contribution in [-0.2, 0) is 0 Å². The van der Waals surface area contributed by atoms with E-state index in [9.17, 15) is 4.79 Å². The monoisotopic (exact) mass is 323 g/mol. The number of carbonyl (C=O) groups is 1. The number of carbonyl (C=O) groups excluding carboxylic acids is 1. The molecule has 2 heterocycles. The Morgan fingerprint density at radius 1 is 0.958 bits per heavy atom. The van der Waals surface area contributed by atoms with Gasteiger partial charge in [-0.05, 0) is 50.2 Å². The van der Waals surface area contributed by atoms with E-state index in [1.54, 1.807) is 0 Å². The molecule has 2 aromatic rings. The van der Waals surface area contributed by atoms with E-state index < -0.39 is 0 Å². The van der Waals surface area contributed by atoms with Gasteiger partial charge in [-0.3, -0.25) is 4.90 Å². The fourth-order valence-electron chi connectivity index (χ4n) is 4.07. The normalized spacial score (nSPS) is 22.0. The van der Waals surface area contributed by atoms with Gasteiger partial charge in [0.2, 0.25) is 0 Å². The van der Waals surface area contributed by atoms with E-state index in [0.717, 1.165) is 36.0 Å². The Kier molecular flexibility index (Phi) is 4.39. The average Bonchev–Trinajstić information content (AvgIpc) is 3.17. The zero-order chi connectivity index (χ0) is 16.4. The van der Waals surface area contributed by atoms with E-state index in [0.29, 0.717) is 6.04 Å². The second-order valence-corrected chi connectivity index (χ2v) is 6.94. The Hall–Kier alpha value is -2.07. The molecular formula is C20H25N3O. The van der Waals surface area contributed by atoms with Crippen LogP contribution in [0.15, 0.2) is 42.5 Å². The first-order valence-corrected chi connectivity index (χ1v) is 9.09. The van der Waals surface area contributed by atoms with Gasteiger partial charge in [0.05, 0.1) is 5.69 Å². The number of rotatable bonds is 2. The second kappa shape index (κ2) is 6.81. The van der Waals surface area contributed by atoms with Crippen molar-refractivity contribution in [2.24, 2.45) is 0 Å². The summed E-state index contributed by atoms with van der Waals surface area (Å²) in [5.74, 6) is 0. The van der Waals surface area contributed by atoms with E-state index >= 15 is 0 Å². The lowest BCUT2D eigenvalue weighted by Gasteiger charge is -2.37. The third-order valence-electron chi connectivity index (χ3n) is 5.37. The van der Waals surface area contributed by atoms with Gasteiger partial charge >= 0.3 is 6.03 Å². The molecule has 2 amide bonds. The van der Waals surface area contributed by atoms with Gasteiger partial charge in [-0.1, -0.05) is 36.4 Å². The van der Waals surface area contributed by atoms with Crippen LogP contribution in [-0.4, -0.2) is 48.1 Å². The second-order valence-electron chi connectivity index (χ2n) is 6.94. The summed E-state index contributed by atoms with van der Waals surface area (Å²) in [6.45, 7) is 4.12. The molecule has 2 fully saturated rings. The molecule has 0 spiro atoms. The zero-order valence-electron chi connectivity index (χ0n) is 14.1. The molecule has 2 saturated heterocycles. The van der Waals surface area contributed by atoms with Crippen LogP contribution in [0.4, 0.5) is 10.5 Å². The number of hydrogen-bond acceptors (Lipinski definition) is 2. The number of benzene rings is 2. The minimum absolute atomic E-state index is 0.0373. The zero-order valence-corrected chi connectivity index (χ0v) is 14.1. The summed E-state index contributed by atoms with van der Waals surface area (Å²) in [4.78, 5) is 17.3. The van der Waals surface area contributed by atoms with Crippen LogP contribution in [0.1, 0.15) is 25.7 Å². The minimum Gasteiger partial charge on any atom is -0.323 e. The van der Waals surface area contributed by atoms with Crippen molar-refractivity contribution in [2.75, 3.05) is 31.5 Å². The fraction of sp³-hybridized carbons (Fsp3) is 0.450. The summed E-state index contributed by atoms with van der Waals surface area (Å²) in [7, 11) is 0. The Morgan fingerprint density at radius 2 is 1.75 bits per heavy atom. The van der Waals surface area contributed by atoms with E-state index in [4.69, 9.17) is 0 Å². The van der Waals surface area contributed by atoms with Crippen molar-refractivity contribution in [1.29, 1.82) is 0 Å². The van der Waals surface area contributed by atoms with Crippen molar-refractivity contribution in [3.63, 3.8) is 0 Å². The molecule has 24 heavy (non-hydrogen) atoms. The van der Waals surface area contributed by atoms with Crippen LogP contribution in [0.3, 0.4) is 0 Å². The van der Waals surface area contributed by atoms with Gasteiger partial charge in [0.25, 0.3) is 0 Å². The Bertz CT molecular complexity index is 718. The molecule has 1 atom stereocenters. The highest BCUT2D eigenvalue weighted by Crippen LogP contribution is 2.25. The largest absolute Gasteiger partial charge is 0.323 e. The number of urea groups is 1. The van der Waals surface area contributed by atoms with Gasteiger partial charge in [-0.2, -0.15) is 0 Å². The highest BCUT2D eigenvalue weighted by molar-refractivity contribution is 6.01. The van der Waals surface area contributed by atoms with Gasteiger partial charge in [-0.25, -0.2) is 4.79 Å². The smallest absolute Gasteiger partial charge is 0.321 e. The molecule has 2 aliphatic rings. The first-order valence-electron chi connectivity index (χ1n) is 9.09. The highest BCUT2D eigenvalue weighted by atomic mass is 16.2. The predicted octanol–water partition coefficient (Wildman–Crippen LogP) is 3.93. The number of likely N-dealkylation sites (tertiary alicyclic amines) is 2. The van der Waals surface area contributed by atoms with Crippen molar-refractivity contribution < 1.29 is 4.79 Å². The van der Waals surface area contributed by atoms with Gasteiger partial charge < -0.3 is 10.2 Å². The van der Waals surface area contributed by atoms with Gasteiger partial charge in [-0.15, -0.1) is 0 Å². The SMILES string of the molecule is O=C(Nc1cccc2ccccc12)N1CCCC(N2CCCC2)C1. The lowest BCUT2D eigenvalue weighted by atomic mass is 10.0. The maximum Gasteiger partial charge on any atom is 0.321 e. The third-order valence-corrected chi connectivity index (χ3v) is 5.37. The first-order chi connectivity index (χ1) is 11.8. The molecule has 2 aromatic carbocycles. The quantitative estimate of drug-likeness (QED) is 0.909. The molecule has 1 N–H and O–H groups in total. The van der Waals surface area contributed by atoms with Crippen molar-refractivity contribution in [3.05, 3.63) is 42.5 Å². The molecular weight excluding hydrogens is 298 g/mol. The number of fused-ring (bicyclic) bond motifs is 1. The summed E-state index contributed by atoms with van der Waals surface area (Å²) in [5, 5.41) is 5.39. The summed E-state index contributed by atoms with van der Waals surface area (Å²) >= 11 is 0. The topological polar surface area (TPSA) is 35.6 Å². The first kappa shape index (κ1) is 15.5. The number of anilines is 1. The maximum absolute atomic E-state index is 12.8.